The van der Waals surface area contributed by atoms with Crippen molar-refractivity contribution in [2.75, 3.05) is 13.3 Å². The molecule has 23 heavy (non-hydrogen) atoms. The Morgan fingerprint density at radius 3 is 2.91 bits per heavy atom. The molecule has 0 spiro atoms. The third-order valence-corrected chi connectivity index (χ3v) is 3.79. The molecule has 0 N–H and O–H groups in total. The van der Waals surface area contributed by atoms with E-state index in [0.717, 1.165) is 36.4 Å². The van der Waals surface area contributed by atoms with Crippen LogP contribution in [0.3, 0.4) is 0 Å². The third kappa shape index (κ3) is 3.62. The van der Waals surface area contributed by atoms with Gasteiger partial charge in [0.25, 0.3) is 5.91 Å². The first-order valence-corrected chi connectivity index (χ1v) is 7.85. The molecular weight excluding hydrogens is 292 g/mol. The SMILES string of the molecule is CCCCN(Cc1ccc2c(c1)OCO2)C(=O)c1cccnc1. The van der Waals surface area contributed by atoms with Gasteiger partial charge in [-0.15, -0.1) is 0 Å². The summed E-state index contributed by atoms with van der Waals surface area (Å²) < 4.78 is 10.7. The molecule has 0 atom stereocenters. The zero-order valence-electron chi connectivity index (χ0n) is 13.2. The molecule has 120 valence electrons. The molecule has 0 aliphatic carbocycles. The highest BCUT2D eigenvalue weighted by molar-refractivity contribution is 5.93. The van der Waals surface area contributed by atoms with Gasteiger partial charge in [0.1, 0.15) is 0 Å². The Morgan fingerprint density at radius 1 is 1.26 bits per heavy atom. The molecule has 0 radical (unpaired) electrons. The smallest absolute Gasteiger partial charge is 0.255 e. The monoisotopic (exact) mass is 312 g/mol. The van der Waals surface area contributed by atoms with Crippen molar-refractivity contribution in [2.24, 2.45) is 0 Å². The summed E-state index contributed by atoms with van der Waals surface area (Å²) in [5, 5.41) is 0. The van der Waals surface area contributed by atoms with Gasteiger partial charge in [-0.1, -0.05) is 19.4 Å². The summed E-state index contributed by atoms with van der Waals surface area (Å²) in [6.45, 7) is 3.64. The summed E-state index contributed by atoms with van der Waals surface area (Å²) in [6, 6.07) is 9.39. The predicted octanol–water partition coefficient (Wildman–Crippen LogP) is 3.25. The van der Waals surface area contributed by atoms with Crippen LogP contribution in [0, 0.1) is 0 Å². The number of amides is 1. The lowest BCUT2D eigenvalue weighted by molar-refractivity contribution is 0.0740. The van der Waals surface area contributed by atoms with E-state index in [9.17, 15) is 4.79 Å². The van der Waals surface area contributed by atoms with Gasteiger partial charge in [0, 0.05) is 25.5 Å². The summed E-state index contributed by atoms with van der Waals surface area (Å²) in [5.74, 6) is 1.50. The fourth-order valence-electron chi connectivity index (χ4n) is 2.53. The second kappa shape index (κ2) is 7.13. The molecule has 5 nitrogen and oxygen atoms in total. The summed E-state index contributed by atoms with van der Waals surface area (Å²) in [5.41, 5.74) is 1.65. The normalized spacial score (nSPS) is 12.2. The van der Waals surface area contributed by atoms with Gasteiger partial charge in [0.15, 0.2) is 11.5 Å². The van der Waals surface area contributed by atoms with Crippen LogP contribution >= 0.6 is 0 Å². The highest BCUT2D eigenvalue weighted by Gasteiger charge is 2.18. The quantitative estimate of drug-likeness (QED) is 0.821. The number of carbonyl (C=O) groups excluding carboxylic acids is 1. The van der Waals surface area contributed by atoms with E-state index in [4.69, 9.17) is 9.47 Å². The number of hydrogen-bond donors (Lipinski definition) is 0. The largest absolute Gasteiger partial charge is 0.454 e. The Kier molecular flexibility index (Phi) is 4.76. The number of pyridine rings is 1. The molecule has 2 aromatic rings. The van der Waals surface area contributed by atoms with Crippen LogP contribution in [-0.4, -0.2) is 29.1 Å². The van der Waals surface area contributed by atoms with E-state index in [0.29, 0.717) is 12.1 Å². The molecule has 5 heteroatoms. The van der Waals surface area contributed by atoms with Crippen molar-refractivity contribution in [2.45, 2.75) is 26.3 Å². The van der Waals surface area contributed by atoms with E-state index >= 15 is 0 Å². The summed E-state index contributed by atoms with van der Waals surface area (Å²) in [7, 11) is 0. The van der Waals surface area contributed by atoms with Crippen molar-refractivity contribution in [1.29, 1.82) is 0 Å². The Bertz CT molecular complexity index is 673. The average molecular weight is 312 g/mol. The number of nitrogens with zero attached hydrogens (tertiary/aromatic N) is 2. The van der Waals surface area contributed by atoms with Crippen LogP contribution in [0.15, 0.2) is 42.7 Å². The Labute approximate surface area is 135 Å². The number of ether oxygens (including phenoxy) is 2. The first kappa shape index (κ1) is 15.3. The van der Waals surface area contributed by atoms with Crippen molar-refractivity contribution in [3.63, 3.8) is 0 Å². The number of benzene rings is 1. The van der Waals surface area contributed by atoms with Crippen LogP contribution in [-0.2, 0) is 6.54 Å². The molecule has 1 aromatic carbocycles. The third-order valence-electron chi connectivity index (χ3n) is 3.79. The van der Waals surface area contributed by atoms with Crippen molar-refractivity contribution in [1.82, 2.24) is 9.88 Å². The van der Waals surface area contributed by atoms with Gasteiger partial charge in [-0.3, -0.25) is 9.78 Å². The second-order valence-electron chi connectivity index (χ2n) is 5.51. The van der Waals surface area contributed by atoms with Crippen molar-refractivity contribution >= 4 is 5.91 Å². The molecule has 1 amide bonds. The van der Waals surface area contributed by atoms with E-state index < -0.39 is 0 Å². The van der Waals surface area contributed by atoms with Gasteiger partial charge in [-0.05, 0) is 36.2 Å². The number of hydrogen-bond acceptors (Lipinski definition) is 4. The highest BCUT2D eigenvalue weighted by Crippen LogP contribution is 2.32. The topological polar surface area (TPSA) is 51.7 Å². The van der Waals surface area contributed by atoms with Crippen LogP contribution in [0.1, 0.15) is 35.7 Å². The number of carbonyl (C=O) groups is 1. The van der Waals surface area contributed by atoms with E-state index in [2.05, 4.69) is 11.9 Å². The van der Waals surface area contributed by atoms with Gasteiger partial charge in [-0.25, -0.2) is 0 Å². The molecule has 2 heterocycles. The molecule has 0 bridgehead atoms. The maximum atomic E-state index is 12.7. The molecule has 0 unspecified atom stereocenters. The summed E-state index contributed by atoms with van der Waals surface area (Å²) in [6.07, 6.45) is 5.29. The lowest BCUT2D eigenvalue weighted by Gasteiger charge is -2.23. The lowest BCUT2D eigenvalue weighted by atomic mass is 10.1. The zero-order valence-corrected chi connectivity index (χ0v) is 13.2. The summed E-state index contributed by atoms with van der Waals surface area (Å²) >= 11 is 0. The molecule has 1 aromatic heterocycles. The minimum Gasteiger partial charge on any atom is -0.454 e. The van der Waals surface area contributed by atoms with Crippen molar-refractivity contribution in [3.05, 3.63) is 53.9 Å². The minimum absolute atomic E-state index is 0.00390. The van der Waals surface area contributed by atoms with E-state index in [1.807, 2.05) is 23.1 Å². The molecular formula is C18H20N2O3. The molecule has 3 rings (SSSR count). The Hall–Kier alpha value is -2.56. The standard InChI is InChI=1S/C18H20N2O3/c1-2-3-9-20(18(21)15-5-4-8-19-11-15)12-14-6-7-16-17(10-14)23-13-22-16/h4-8,10-11H,2-3,9,12-13H2,1H3. The van der Waals surface area contributed by atoms with Gasteiger partial charge >= 0.3 is 0 Å². The van der Waals surface area contributed by atoms with Crippen LogP contribution in [0.5, 0.6) is 11.5 Å². The van der Waals surface area contributed by atoms with Crippen LogP contribution in [0.25, 0.3) is 0 Å². The van der Waals surface area contributed by atoms with Gasteiger partial charge in [-0.2, -0.15) is 0 Å². The number of aromatic nitrogens is 1. The molecule has 1 aliphatic rings. The van der Waals surface area contributed by atoms with Gasteiger partial charge in [0.05, 0.1) is 5.56 Å². The first-order chi connectivity index (χ1) is 11.3. The van der Waals surface area contributed by atoms with Crippen molar-refractivity contribution in [3.8, 4) is 11.5 Å². The average Bonchev–Trinajstić information content (AvgIpc) is 3.06. The maximum Gasteiger partial charge on any atom is 0.255 e. The number of fused-ring (bicyclic) bond motifs is 1. The van der Waals surface area contributed by atoms with Crippen LogP contribution in [0.4, 0.5) is 0 Å². The van der Waals surface area contributed by atoms with Crippen molar-refractivity contribution < 1.29 is 14.3 Å². The second-order valence-corrected chi connectivity index (χ2v) is 5.51. The Morgan fingerprint density at radius 2 is 2.13 bits per heavy atom. The van der Waals surface area contributed by atoms with Gasteiger partial charge in [0.2, 0.25) is 6.79 Å². The zero-order chi connectivity index (χ0) is 16.1. The maximum absolute atomic E-state index is 12.7. The van der Waals surface area contributed by atoms with Gasteiger partial charge < -0.3 is 14.4 Å². The minimum atomic E-state index is 0.00390. The van der Waals surface area contributed by atoms with E-state index in [-0.39, 0.29) is 12.7 Å². The first-order valence-electron chi connectivity index (χ1n) is 7.85. The number of rotatable bonds is 6. The molecule has 0 saturated heterocycles. The highest BCUT2D eigenvalue weighted by atomic mass is 16.7. The fraction of sp³-hybridized carbons (Fsp3) is 0.333. The van der Waals surface area contributed by atoms with E-state index in [1.54, 1.807) is 24.5 Å². The molecule has 1 aliphatic heterocycles. The van der Waals surface area contributed by atoms with Crippen LogP contribution in [0.2, 0.25) is 0 Å². The lowest BCUT2D eigenvalue weighted by Crippen LogP contribution is -2.31. The molecule has 0 saturated carbocycles. The number of unbranched alkanes of at least 4 members (excludes halogenated alkanes) is 1. The Balaban J connectivity index is 1.77. The van der Waals surface area contributed by atoms with Crippen LogP contribution < -0.4 is 9.47 Å². The molecule has 0 fully saturated rings. The predicted molar refractivity (Wildman–Crippen MR) is 86.5 cm³/mol. The fourth-order valence-corrected chi connectivity index (χ4v) is 2.53. The summed E-state index contributed by atoms with van der Waals surface area (Å²) in [4.78, 5) is 18.6. The van der Waals surface area contributed by atoms with E-state index in [1.165, 1.54) is 0 Å².